The summed E-state index contributed by atoms with van der Waals surface area (Å²) >= 11 is 0. The summed E-state index contributed by atoms with van der Waals surface area (Å²) in [5, 5.41) is 3.08. The zero-order valence-corrected chi connectivity index (χ0v) is 18.8. The molecule has 2 fully saturated rings. The van der Waals surface area contributed by atoms with Gasteiger partial charge in [0.2, 0.25) is 5.91 Å². The van der Waals surface area contributed by atoms with E-state index in [1.807, 2.05) is 11.8 Å². The lowest BCUT2D eigenvalue weighted by Crippen LogP contribution is -2.54. The molecule has 0 unspecified atom stereocenters. The summed E-state index contributed by atoms with van der Waals surface area (Å²) in [5.41, 5.74) is 1.12. The smallest absolute Gasteiger partial charge is 0.274 e. The molecule has 0 radical (unpaired) electrons. The number of rotatable bonds is 3. The summed E-state index contributed by atoms with van der Waals surface area (Å²) in [6, 6.07) is 0. The number of nitrogens with one attached hydrogen (secondary N) is 1. The zero-order valence-electron chi connectivity index (χ0n) is 18.8. The summed E-state index contributed by atoms with van der Waals surface area (Å²) < 4.78 is 0. The summed E-state index contributed by atoms with van der Waals surface area (Å²) in [6.45, 7) is 9.88. The highest BCUT2D eigenvalue weighted by atomic mass is 16.2. The van der Waals surface area contributed by atoms with Crippen molar-refractivity contribution in [3.8, 4) is 0 Å². The van der Waals surface area contributed by atoms with Gasteiger partial charge in [0, 0.05) is 50.9 Å². The second-order valence-corrected chi connectivity index (χ2v) is 9.34. The number of aryl methyl sites for hydroxylation is 1. The van der Waals surface area contributed by atoms with Crippen LogP contribution in [0.3, 0.4) is 0 Å². The summed E-state index contributed by atoms with van der Waals surface area (Å²) in [5.74, 6) is 0.534. The molecule has 1 aliphatic heterocycles. The van der Waals surface area contributed by atoms with Crippen LogP contribution in [0, 0.1) is 12.8 Å². The number of amides is 2. The number of nitrogens with zero attached hydrogens (tertiary/aromatic N) is 4. The van der Waals surface area contributed by atoms with Gasteiger partial charge in [0.15, 0.2) is 0 Å². The molecule has 0 atom stereocenters. The highest BCUT2D eigenvalue weighted by Gasteiger charge is 2.40. The molecular weight excluding hydrogens is 378 g/mol. The Morgan fingerprint density at radius 1 is 1.10 bits per heavy atom. The minimum Gasteiger partial charge on any atom is -0.354 e. The Morgan fingerprint density at radius 2 is 1.87 bits per heavy atom. The first-order chi connectivity index (χ1) is 14.4. The van der Waals surface area contributed by atoms with Crippen molar-refractivity contribution >= 4 is 11.8 Å². The van der Waals surface area contributed by atoms with Crippen LogP contribution in [0.15, 0.2) is 12.4 Å². The predicted molar refractivity (Wildman–Crippen MR) is 117 cm³/mol. The Balaban J connectivity index is 1.77. The van der Waals surface area contributed by atoms with E-state index in [1.54, 1.807) is 12.4 Å². The van der Waals surface area contributed by atoms with Crippen LogP contribution >= 0.6 is 0 Å². The van der Waals surface area contributed by atoms with Crippen LogP contribution in [0.1, 0.15) is 75.0 Å². The molecule has 1 saturated heterocycles. The maximum atomic E-state index is 13.0. The number of carbonyl (C=O) groups excluding carboxylic acids is 2. The van der Waals surface area contributed by atoms with Crippen LogP contribution in [0.2, 0.25) is 0 Å². The molecule has 2 heterocycles. The first-order valence-electron chi connectivity index (χ1n) is 11.5. The average Bonchev–Trinajstić information content (AvgIpc) is 2.74. The molecular formula is C23H37N5O2. The van der Waals surface area contributed by atoms with Gasteiger partial charge in [0.05, 0.1) is 11.9 Å². The molecule has 0 aromatic carbocycles. The van der Waals surface area contributed by atoms with Crippen molar-refractivity contribution in [2.24, 2.45) is 5.92 Å². The maximum absolute atomic E-state index is 13.0. The van der Waals surface area contributed by atoms with E-state index in [1.165, 1.54) is 19.3 Å². The molecule has 30 heavy (non-hydrogen) atoms. The van der Waals surface area contributed by atoms with Crippen LogP contribution in [-0.4, -0.2) is 69.8 Å². The van der Waals surface area contributed by atoms with E-state index in [0.29, 0.717) is 37.7 Å². The van der Waals surface area contributed by atoms with Gasteiger partial charge in [0.25, 0.3) is 5.91 Å². The Bertz CT molecular complexity index is 713. The Hall–Kier alpha value is -2.02. The van der Waals surface area contributed by atoms with Gasteiger partial charge in [-0.3, -0.25) is 19.5 Å². The number of hydrogen-bond acceptors (Lipinski definition) is 5. The largest absolute Gasteiger partial charge is 0.354 e. The summed E-state index contributed by atoms with van der Waals surface area (Å²) in [7, 11) is 0. The van der Waals surface area contributed by atoms with E-state index in [0.717, 1.165) is 38.0 Å². The SMILES string of the molecule is Cc1cnc(C(=O)N2CCCN(CC(C)C)C3(CCCCC3)CC(=O)NCC2)cn1. The maximum Gasteiger partial charge on any atom is 0.274 e. The van der Waals surface area contributed by atoms with Gasteiger partial charge in [-0.1, -0.05) is 33.1 Å². The van der Waals surface area contributed by atoms with Crippen LogP contribution in [0.4, 0.5) is 0 Å². The van der Waals surface area contributed by atoms with Crippen LogP contribution < -0.4 is 5.32 Å². The standard InChI is InChI=1S/C23H37N5O2/c1-18(2)17-28-12-7-11-27(22(30)20-16-25-19(3)15-26-20)13-10-24-21(29)14-23(28)8-5-4-6-9-23/h15-16,18H,4-14,17H2,1-3H3,(H,24,29). The third-order valence-corrected chi connectivity index (χ3v) is 6.38. The lowest BCUT2D eigenvalue weighted by molar-refractivity contribution is -0.125. The fraction of sp³-hybridized carbons (Fsp3) is 0.739. The van der Waals surface area contributed by atoms with E-state index in [-0.39, 0.29) is 17.4 Å². The molecule has 1 aliphatic carbocycles. The average molecular weight is 416 g/mol. The molecule has 7 heteroatoms. The molecule has 1 spiro atoms. The Kier molecular flexibility index (Phi) is 7.81. The molecule has 3 rings (SSSR count). The molecule has 7 nitrogen and oxygen atoms in total. The monoisotopic (exact) mass is 415 g/mol. The van der Waals surface area contributed by atoms with E-state index < -0.39 is 0 Å². The fourth-order valence-corrected chi connectivity index (χ4v) is 4.90. The Morgan fingerprint density at radius 3 is 2.53 bits per heavy atom. The van der Waals surface area contributed by atoms with E-state index in [9.17, 15) is 9.59 Å². The lowest BCUT2D eigenvalue weighted by atomic mass is 9.77. The molecule has 2 amide bonds. The molecule has 1 saturated carbocycles. The van der Waals surface area contributed by atoms with Crippen molar-refractivity contribution < 1.29 is 9.59 Å². The number of carbonyl (C=O) groups is 2. The van der Waals surface area contributed by atoms with Crippen molar-refractivity contribution in [2.45, 2.75) is 71.3 Å². The quantitative estimate of drug-likeness (QED) is 0.821. The fourth-order valence-electron chi connectivity index (χ4n) is 4.90. The van der Waals surface area contributed by atoms with Gasteiger partial charge in [0.1, 0.15) is 5.69 Å². The van der Waals surface area contributed by atoms with Crippen molar-refractivity contribution in [3.63, 3.8) is 0 Å². The van der Waals surface area contributed by atoms with Crippen molar-refractivity contribution in [3.05, 3.63) is 23.8 Å². The Labute approximate surface area is 180 Å². The van der Waals surface area contributed by atoms with Crippen molar-refractivity contribution in [1.82, 2.24) is 25.1 Å². The second kappa shape index (κ2) is 10.3. The van der Waals surface area contributed by atoms with E-state index in [4.69, 9.17) is 0 Å². The molecule has 0 bridgehead atoms. The van der Waals surface area contributed by atoms with Crippen LogP contribution in [-0.2, 0) is 4.79 Å². The minimum absolute atomic E-state index is 0.0335. The summed E-state index contributed by atoms with van der Waals surface area (Å²) in [4.78, 5) is 38.7. The lowest BCUT2D eigenvalue weighted by Gasteiger charge is -2.47. The highest BCUT2D eigenvalue weighted by Crippen LogP contribution is 2.37. The second-order valence-electron chi connectivity index (χ2n) is 9.34. The van der Waals surface area contributed by atoms with Gasteiger partial charge in [-0.15, -0.1) is 0 Å². The van der Waals surface area contributed by atoms with Gasteiger partial charge < -0.3 is 10.2 Å². The number of hydrogen-bond donors (Lipinski definition) is 1. The highest BCUT2D eigenvalue weighted by molar-refractivity contribution is 5.92. The molecule has 2 aliphatic rings. The van der Waals surface area contributed by atoms with E-state index >= 15 is 0 Å². The van der Waals surface area contributed by atoms with Crippen LogP contribution in [0.25, 0.3) is 0 Å². The third-order valence-electron chi connectivity index (χ3n) is 6.38. The van der Waals surface area contributed by atoms with Crippen LogP contribution in [0.5, 0.6) is 0 Å². The molecule has 1 aromatic heterocycles. The molecule has 1 N–H and O–H groups in total. The van der Waals surface area contributed by atoms with Crippen molar-refractivity contribution in [2.75, 3.05) is 32.7 Å². The topological polar surface area (TPSA) is 78.4 Å². The normalized spacial score (nSPS) is 21.3. The minimum atomic E-state index is -0.112. The predicted octanol–water partition coefficient (Wildman–Crippen LogP) is 2.80. The molecule has 166 valence electrons. The van der Waals surface area contributed by atoms with Crippen molar-refractivity contribution in [1.29, 1.82) is 0 Å². The van der Waals surface area contributed by atoms with Gasteiger partial charge in [-0.25, -0.2) is 4.98 Å². The number of aromatic nitrogens is 2. The zero-order chi connectivity index (χ0) is 21.6. The van der Waals surface area contributed by atoms with Gasteiger partial charge in [-0.2, -0.15) is 0 Å². The van der Waals surface area contributed by atoms with Gasteiger partial charge >= 0.3 is 0 Å². The third kappa shape index (κ3) is 5.78. The van der Waals surface area contributed by atoms with E-state index in [2.05, 4.69) is 34.0 Å². The first kappa shape index (κ1) is 22.7. The van der Waals surface area contributed by atoms with Gasteiger partial charge in [-0.05, 0) is 32.1 Å². The first-order valence-corrected chi connectivity index (χ1v) is 11.5. The molecule has 1 aromatic rings. The summed E-state index contributed by atoms with van der Waals surface area (Å²) in [6.07, 6.45) is 10.5.